The molecule has 0 saturated carbocycles. The van der Waals surface area contributed by atoms with Gasteiger partial charge < -0.3 is 8.83 Å². The Bertz CT molecular complexity index is 4760. The van der Waals surface area contributed by atoms with Crippen molar-refractivity contribution in [2.45, 2.75) is 312 Å². The summed E-state index contributed by atoms with van der Waals surface area (Å²) in [6.07, 6.45) is 34.1. The highest BCUT2D eigenvalue weighted by Gasteiger charge is 2.38. The van der Waals surface area contributed by atoms with Gasteiger partial charge in [-0.25, -0.2) is 8.78 Å². The number of nitrogens with zero attached hydrogens (tertiary/aromatic N) is 6. The number of hydrogen-bond donors (Lipinski definition) is 0. The minimum Gasteiger partial charge on any atom is -0.461 e. The van der Waals surface area contributed by atoms with Crippen LogP contribution in [-0.4, -0.2) is 46.1 Å². The lowest BCUT2D eigenvalue weighted by atomic mass is 9.95. The van der Waals surface area contributed by atoms with Gasteiger partial charge in [-0.05, 0) is 133 Å². The first kappa shape index (κ1) is 83.3. The number of benzene rings is 4. The van der Waals surface area contributed by atoms with Crippen molar-refractivity contribution in [2.24, 2.45) is 11.8 Å². The second kappa shape index (κ2) is 39.7. The van der Waals surface area contributed by atoms with Crippen LogP contribution in [0, 0.1) is 37.3 Å². The van der Waals surface area contributed by atoms with Crippen LogP contribution in [0.4, 0.5) is 8.78 Å². The molecule has 0 aliphatic carbocycles. The summed E-state index contributed by atoms with van der Waals surface area (Å²) >= 11 is 7.02. The van der Waals surface area contributed by atoms with Gasteiger partial charge in [-0.3, -0.25) is 0 Å². The van der Waals surface area contributed by atoms with Gasteiger partial charge >= 0.3 is 0 Å². The molecule has 110 heavy (non-hydrogen) atoms. The third kappa shape index (κ3) is 18.8. The minimum absolute atomic E-state index is 0.231. The van der Waals surface area contributed by atoms with Crippen LogP contribution in [0.5, 0.6) is 0 Å². The zero-order valence-corrected chi connectivity index (χ0v) is 74.0. The Morgan fingerprint density at radius 2 is 0.691 bits per heavy atom. The van der Waals surface area contributed by atoms with Gasteiger partial charge in [-0.2, -0.15) is 30.0 Å². The van der Waals surface area contributed by atoms with Crippen molar-refractivity contribution in [1.82, 2.24) is 30.0 Å². The molecule has 0 amide bonds. The van der Waals surface area contributed by atoms with Crippen molar-refractivity contribution >= 4 is 115 Å². The molecule has 0 fully saturated rings. The molecule has 16 heteroatoms. The fourth-order valence-corrected chi connectivity index (χ4v) is 35.6. The number of hydrogen-bond acceptors (Lipinski definition) is 10. The number of fused-ring (bicyclic) bond motifs is 4. The van der Waals surface area contributed by atoms with E-state index in [2.05, 4.69) is 150 Å². The van der Waals surface area contributed by atoms with E-state index in [1.165, 1.54) is 223 Å². The monoisotopic (exact) mass is 1590 g/mol. The first-order valence-electron chi connectivity index (χ1n) is 43.3. The molecule has 8 heterocycles. The summed E-state index contributed by atoms with van der Waals surface area (Å²) in [4.78, 5) is 9.55. The molecule has 0 aliphatic heterocycles. The van der Waals surface area contributed by atoms with Crippen LogP contribution in [0.2, 0.25) is 36.3 Å². The Morgan fingerprint density at radius 3 is 1.13 bits per heavy atom. The summed E-state index contributed by atoms with van der Waals surface area (Å²) in [5.74, 6) is 0.880. The highest BCUT2D eigenvalue weighted by Crippen LogP contribution is 2.52. The number of aryl methyl sites for hydroxylation is 2. The first-order valence-corrected chi connectivity index (χ1v) is 51.8. The number of rotatable bonds is 47. The molecule has 0 aliphatic rings. The smallest absolute Gasteiger partial charge is 0.168 e. The number of halogens is 2. The summed E-state index contributed by atoms with van der Waals surface area (Å²) in [6, 6.07) is 42.6. The van der Waals surface area contributed by atoms with Gasteiger partial charge in [0.25, 0.3) is 0 Å². The van der Waals surface area contributed by atoms with Crippen LogP contribution in [-0.2, 0) is 13.1 Å². The van der Waals surface area contributed by atoms with Crippen LogP contribution in [0.3, 0.4) is 0 Å². The predicted molar refractivity (Wildman–Crippen MR) is 480 cm³/mol. The maximum atomic E-state index is 17.2. The van der Waals surface area contributed by atoms with Crippen molar-refractivity contribution in [3.8, 4) is 74.0 Å². The molecular weight excluding hydrogens is 1470 g/mol. The van der Waals surface area contributed by atoms with E-state index < -0.39 is 27.8 Å². The quantitative estimate of drug-likeness (QED) is 0.0279. The van der Waals surface area contributed by atoms with Gasteiger partial charge in [0.2, 0.25) is 0 Å². The van der Waals surface area contributed by atoms with E-state index >= 15 is 8.78 Å². The molecule has 590 valence electrons. The SMILES string of the molecule is CCCCCCC(CCCC)Cn1nc2c(C)ccc(-c3ccc(-c4ccc(-c5ccc(-c6ccc(-c7cc8c(-c9ccc([Si](CCCC)(CCCC)CCCC)s9)c9oc(C)cc9c(-c9ccc([Si](CCCC)(CCCC)CCCC)s9)c8o7)c7nn(CC(CCCC)CCCCCC)nc67)s5)c(F)c4F)s3)c2n1. The summed E-state index contributed by atoms with van der Waals surface area (Å²) in [6.45, 7) is 29.0. The normalized spacial score (nSPS) is 13.0. The Kier molecular flexibility index (Phi) is 30.1. The first-order chi connectivity index (χ1) is 53.7. The summed E-state index contributed by atoms with van der Waals surface area (Å²) in [5.41, 5.74) is 11.6. The standard InChI is InChI=1S/C94H126F2N6O2S4Si2/c1-13-23-33-35-39-67(37-25-15-3)63-101-97-89-65(11)41-42-72(91(89)99-101)79-49-47-77(105-79)70-44-45-71(88(96)87(70)95)78-48-50-80(106-78)73-46-43-69(90-92(73)100-102(98-90)64-68(38-26-16-4)40-36-34-24-14-2)76-62-75-86(82-52-54-84(108-82)110(58-30-20-8,59-31-21-9)60-32-22-10)93-74(61-66(12)103-93)85(94(75)104-76)81-51-53-83(107-81)109(55-27-17-5,56-28-18-6)57-29-19-7/h41-54,61-62,67-68H,13-40,55-60,63-64H2,1-12H3. The highest BCUT2D eigenvalue weighted by molar-refractivity contribution is 7.30. The topological polar surface area (TPSA) is 87.7 Å². The Morgan fingerprint density at radius 1 is 0.345 bits per heavy atom. The average Bonchev–Trinajstić information content (AvgIpc) is 1.56. The molecule has 0 spiro atoms. The Labute approximate surface area is 675 Å². The fourth-order valence-electron chi connectivity index (χ4n) is 17.6. The Balaban J connectivity index is 0.965. The highest BCUT2D eigenvalue weighted by atomic mass is 32.1. The van der Waals surface area contributed by atoms with Crippen molar-refractivity contribution in [1.29, 1.82) is 0 Å². The van der Waals surface area contributed by atoms with Gasteiger partial charge in [0, 0.05) is 79.0 Å². The van der Waals surface area contributed by atoms with Gasteiger partial charge in [0.15, 0.2) is 11.6 Å². The van der Waals surface area contributed by atoms with Crippen LogP contribution in [0.1, 0.15) is 260 Å². The van der Waals surface area contributed by atoms with Gasteiger partial charge in [-0.1, -0.05) is 290 Å². The molecule has 0 radical (unpaired) electrons. The largest absolute Gasteiger partial charge is 0.461 e. The van der Waals surface area contributed by atoms with Crippen molar-refractivity contribution in [3.63, 3.8) is 0 Å². The third-order valence-electron chi connectivity index (χ3n) is 24.1. The summed E-state index contributed by atoms with van der Waals surface area (Å²) < 4.78 is 52.4. The lowest BCUT2D eigenvalue weighted by Gasteiger charge is -2.31. The minimum atomic E-state index is -1.88. The van der Waals surface area contributed by atoms with E-state index in [1.54, 1.807) is 21.1 Å². The molecule has 0 bridgehead atoms. The van der Waals surface area contributed by atoms with Crippen LogP contribution in [0.25, 0.3) is 118 Å². The molecule has 8 nitrogen and oxygen atoms in total. The second-order valence-corrected chi connectivity index (χ2v) is 46.8. The number of furan rings is 2. The van der Waals surface area contributed by atoms with Gasteiger partial charge in [0.05, 0.1) is 29.2 Å². The van der Waals surface area contributed by atoms with E-state index in [9.17, 15) is 0 Å². The maximum absolute atomic E-state index is 17.2. The van der Waals surface area contributed by atoms with Crippen molar-refractivity contribution < 1.29 is 17.6 Å². The fraction of sp³-hybridized carbons (Fsp3) is 0.532. The molecule has 12 rings (SSSR count). The van der Waals surface area contributed by atoms with Crippen molar-refractivity contribution in [3.05, 3.63) is 120 Å². The van der Waals surface area contributed by atoms with E-state index in [0.29, 0.717) is 28.1 Å². The molecular formula is C94H126F2N6O2S4Si2. The summed E-state index contributed by atoms with van der Waals surface area (Å²) in [7, 11) is -3.75. The zero-order chi connectivity index (χ0) is 77.3. The number of aromatic nitrogens is 6. The van der Waals surface area contributed by atoms with Crippen molar-refractivity contribution in [2.75, 3.05) is 0 Å². The van der Waals surface area contributed by atoms with E-state index in [1.807, 2.05) is 50.5 Å². The zero-order valence-electron chi connectivity index (χ0n) is 68.7. The maximum Gasteiger partial charge on any atom is 0.168 e. The van der Waals surface area contributed by atoms with E-state index in [-0.39, 0.29) is 11.1 Å². The molecule has 0 saturated heterocycles. The number of unbranched alkanes of at least 4 members (excludes halogenated alkanes) is 14. The average molecular weight is 1590 g/mol. The second-order valence-electron chi connectivity index (χ2n) is 32.5. The molecule has 0 N–H and O–H groups in total. The van der Waals surface area contributed by atoms with E-state index in [4.69, 9.17) is 29.2 Å². The molecule has 8 aromatic heterocycles. The van der Waals surface area contributed by atoms with Crippen LogP contribution >= 0.6 is 45.3 Å². The lowest BCUT2D eigenvalue weighted by molar-refractivity contribution is 0.330. The van der Waals surface area contributed by atoms with Gasteiger partial charge in [0.1, 0.15) is 44.8 Å². The predicted octanol–water partition coefficient (Wildman–Crippen LogP) is 31.1. The lowest BCUT2D eigenvalue weighted by Crippen LogP contribution is -2.45. The third-order valence-corrected chi connectivity index (χ3v) is 41.7. The summed E-state index contributed by atoms with van der Waals surface area (Å²) in [5, 5.41) is 23.5. The molecule has 2 atom stereocenters. The Hall–Kier alpha value is -6.15. The molecule has 2 unspecified atom stereocenters. The molecule has 12 aromatic rings. The number of thiophene rings is 4. The van der Waals surface area contributed by atoms with Crippen LogP contribution < -0.4 is 9.00 Å². The van der Waals surface area contributed by atoms with E-state index in [0.717, 1.165) is 131 Å². The van der Waals surface area contributed by atoms with Gasteiger partial charge in [-0.15, -0.1) is 45.3 Å². The van der Waals surface area contributed by atoms with Crippen LogP contribution in [0.15, 0.2) is 106 Å². The molecule has 4 aromatic carbocycles.